The normalized spacial score (nSPS) is 12.2. The number of ether oxygens (including phenoxy) is 1. The Bertz CT molecular complexity index is 577. The zero-order valence-corrected chi connectivity index (χ0v) is 13.0. The lowest BCUT2D eigenvalue weighted by atomic mass is 10.1. The Kier molecular flexibility index (Phi) is 4.80. The standard InChI is InChI=1S/C14H14BrClN2O/c1-9(17-2)13-5-10(15)3-4-14(13)19-12-6-11(16)7-18-8-12/h3-9,17H,1-2H3. The van der Waals surface area contributed by atoms with Crippen LogP contribution in [0.25, 0.3) is 0 Å². The lowest BCUT2D eigenvalue weighted by molar-refractivity contribution is 0.464. The molecule has 0 aliphatic rings. The van der Waals surface area contributed by atoms with Gasteiger partial charge in [-0.15, -0.1) is 0 Å². The van der Waals surface area contributed by atoms with E-state index in [0.29, 0.717) is 10.8 Å². The summed E-state index contributed by atoms with van der Waals surface area (Å²) in [6.07, 6.45) is 3.22. The van der Waals surface area contributed by atoms with Gasteiger partial charge in [-0.25, -0.2) is 0 Å². The summed E-state index contributed by atoms with van der Waals surface area (Å²) in [5.41, 5.74) is 1.07. The highest BCUT2D eigenvalue weighted by molar-refractivity contribution is 9.10. The minimum atomic E-state index is 0.180. The monoisotopic (exact) mass is 340 g/mol. The molecule has 1 N–H and O–H groups in total. The second-order valence-corrected chi connectivity index (χ2v) is 5.49. The van der Waals surface area contributed by atoms with Gasteiger partial charge in [-0.2, -0.15) is 0 Å². The van der Waals surface area contributed by atoms with Gasteiger partial charge in [0, 0.05) is 28.3 Å². The van der Waals surface area contributed by atoms with Crippen molar-refractivity contribution in [1.29, 1.82) is 0 Å². The molecule has 0 saturated heterocycles. The van der Waals surface area contributed by atoms with E-state index in [2.05, 4.69) is 33.2 Å². The number of rotatable bonds is 4. The summed E-state index contributed by atoms with van der Waals surface area (Å²) in [6.45, 7) is 2.07. The van der Waals surface area contributed by atoms with Crippen LogP contribution in [0.4, 0.5) is 0 Å². The molecule has 5 heteroatoms. The highest BCUT2D eigenvalue weighted by Gasteiger charge is 2.11. The zero-order chi connectivity index (χ0) is 13.8. The maximum absolute atomic E-state index is 5.90. The summed E-state index contributed by atoms with van der Waals surface area (Å²) in [7, 11) is 1.91. The average molecular weight is 342 g/mol. The molecule has 0 spiro atoms. The van der Waals surface area contributed by atoms with Gasteiger partial charge in [0.25, 0.3) is 0 Å². The molecule has 0 saturated carbocycles. The quantitative estimate of drug-likeness (QED) is 0.884. The van der Waals surface area contributed by atoms with Crippen LogP contribution in [0.2, 0.25) is 5.02 Å². The Hall–Kier alpha value is -1.10. The van der Waals surface area contributed by atoms with Crippen molar-refractivity contribution in [3.05, 3.63) is 51.7 Å². The molecule has 1 aromatic heterocycles. The highest BCUT2D eigenvalue weighted by atomic mass is 79.9. The van der Waals surface area contributed by atoms with Crippen molar-refractivity contribution in [1.82, 2.24) is 10.3 Å². The molecule has 19 heavy (non-hydrogen) atoms. The second kappa shape index (κ2) is 6.37. The maximum Gasteiger partial charge on any atom is 0.147 e. The highest BCUT2D eigenvalue weighted by Crippen LogP contribution is 2.32. The van der Waals surface area contributed by atoms with E-state index in [4.69, 9.17) is 16.3 Å². The van der Waals surface area contributed by atoms with Gasteiger partial charge in [-0.1, -0.05) is 27.5 Å². The van der Waals surface area contributed by atoms with Gasteiger partial charge >= 0.3 is 0 Å². The number of hydrogen-bond donors (Lipinski definition) is 1. The first-order valence-electron chi connectivity index (χ1n) is 5.85. The van der Waals surface area contributed by atoms with Crippen LogP contribution in [0.1, 0.15) is 18.5 Å². The molecule has 1 heterocycles. The lowest BCUT2D eigenvalue weighted by Crippen LogP contribution is -2.13. The first-order chi connectivity index (χ1) is 9.10. The van der Waals surface area contributed by atoms with E-state index in [1.807, 2.05) is 25.2 Å². The minimum absolute atomic E-state index is 0.180. The Morgan fingerprint density at radius 2 is 2.11 bits per heavy atom. The van der Waals surface area contributed by atoms with Crippen molar-refractivity contribution in [3.8, 4) is 11.5 Å². The third-order valence-corrected chi connectivity index (χ3v) is 3.48. The van der Waals surface area contributed by atoms with Crippen LogP contribution in [-0.4, -0.2) is 12.0 Å². The molecule has 2 rings (SSSR count). The van der Waals surface area contributed by atoms with Crippen LogP contribution in [0.5, 0.6) is 11.5 Å². The predicted molar refractivity (Wildman–Crippen MR) is 80.9 cm³/mol. The SMILES string of the molecule is CNC(C)c1cc(Br)ccc1Oc1cncc(Cl)c1. The number of benzene rings is 1. The van der Waals surface area contributed by atoms with Gasteiger partial charge in [0.1, 0.15) is 11.5 Å². The summed E-state index contributed by atoms with van der Waals surface area (Å²) < 4.78 is 6.88. The molecular formula is C14H14BrClN2O. The molecule has 0 aliphatic carbocycles. The Balaban J connectivity index is 2.34. The lowest BCUT2D eigenvalue weighted by Gasteiger charge is -2.16. The van der Waals surface area contributed by atoms with E-state index >= 15 is 0 Å². The maximum atomic E-state index is 5.90. The van der Waals surface area contributed by atoms with E-state index in [-0.39, 0.29) is 6.04 Å². The molecule has 0 amide bonds. The molecule has 3 nitrogen and oxygen atoms in total. The Labute approximate surface area is 126 Å². The molecule has 1 aromatic carbocycles. The van der Waals surface area contributed by atoms with Crippen molar-refractivity contribution in [2.45, 2.75) is 13.0 Å². The van der Waals surface area contributed by atoms with Gasteiger partial charge in [0.15, 0.2) is 0 Å². The third-order valence-electron chi connectivity index (χ3n) is 2.78. The van der Waals surface area contributed by atoms with Crippen LogP contribution >= 0.6 is 27.5 Å². The number of pyridine rings is 1. The van der Waals surface area contributed by atoms with Gasteiger partial charge in [0.2, 0.25) is 0 Å². The molecular weight excluding hydrogens is 328 g/mol. The van der Waals surface area contributed by atoms with Crippen molar-refractivity contribution in [2.24, 2.45) is 0 Å². The van der Waals surface area contributed by atoms with E-state index in [1.165, 1.54) is 0 Å². The van der Waals surface area contributed by atoms with Gasteiger partial charge < -0.3 is 10.1 Å². The van der Waals surface area contributed by atoms with Crippen molar-refractivity contribution in [2.75, 3.05) is 7.05 Å². The van der Waals surface area contributed by atoms with E-state index < -0.39 is 0 Å². The number of nitrogens with zero attached hydrogens (tertiary/aromatic N) is 1. The third kappa shape index (κ3) is 3.69. The Morgan fingerprint density at radius 3 is 2.79 bits per heavy atom. The summed E-state index contributed by atoms with van der Waals surface area (Å²) in [5.74, 6) is 1.41. The molecule has 1 unspecified atom stereocenters. The van der Waals surface area contributed by atoms with Crippen LogP contribution in [-0.2, 0) is 0 Å². The van der Waals surface area contributed by atoms with Crippen LogP contribution in [0.15, 0.2) is 41.1 Å². The average Bonchev–Trinajstić information content (AvgIpc) is 2.40. The number of aromatic nitrogens is 1. The van der Waals surface area contributed by atoms with E-state index in [0.717, 1.165) is 15.8 Å². The molecule has 0 radical (unpaired) electrons. The van der Waals surface area contributed by atoms with Crippen molar-refractivity contribution < 1.29 is 4.74 Å². The second-order valence-electron chi connectivity index (χ2n) is 4.13. The van der Waals surface area contributed by atoms with Crippen molar-refractivity contribution in [3.63, 3.8) is 0 Å². The van der Waals surface area contributed by atoms with E-state index in [9.17, 15) is 0 Å². The topological polar surface area (TPSA) is 34.1 Å². The molecule has 0 fully saturated rings. The summed E-state index contributed by atoms with van der Waals surface area (Å²) in [6, 6.07) is 7.83. The summed E-state index contributed by atoms with van der Waals surface area (Å²) >= 11 is 9.38. The summed E-state index contributed by atoms with van der Waals surface area (Å²) in [5, 5.41) is 3.76. The van der Waals surface area contributed by atoms with Crippen LogP contribution in [0.3, 0.4) is 0 Å². The van der Waals surface area contributed by atoms with Gasteiger partial charge in [0.05, 0.1) is 11.2 Å². The first-order valence-corrected chi connectivity index (χ1v) is 7.02. The fourth-order valence-electron chi connectivity index (χ4n) is 1.68. The zero-order valence-electron chi connectivity index (χ0n) is 10.7. The van der Waals surface area contributed by atoms with Crippen LogP contribution < -0.4 is 10.1 Å². The minimum Gasteiger partial charge on any atom is -0.455 e. The Morgan fingerprint density at radius 1 is 1.32 bits per heavy atom. The predicted octanol–water partition coefficient (Wildman–Crippen LogP) is 4.57. The smallest absolute Gasteiger partial charge is 0.147 e. The van der Waals surface area contributed by atoms with E-state index in [1.54, 1.807) is 18.5 Å². The molecule has 0 aliphatic heterocycles. The fourth-order valence-corrected chi connectivity index (χ4v) is 2.22. The number of hydrogen-bond acceptors (Lipinski definition) is 3. The fraction of sp³-hybridized carbons (Fsp3) is 0.214. The molecule has 1 atom stereocenters. The van der Waals surface area contributed by atoms with Gasteiger partial charge in [-0.05, 0) is 32.2 Å². The molecule has 0 bridgehead atoms. The molecule has 2 aromatic rings. The number of halogens is 2. The summed E-state index contributed by atoms with van der Waals surface area (Å²) in [4.78, 5) is 4.01. The molecule has 100 valence electrons. The largest absolute Gasteiger partial charge is 0.455 e. The van der Waals surface area contributed by atoms with Crippen LogP contribution in [0, 0.1) is 0 Å². The van der Waals surface area contributed by atoms with Crippen molar-refractivity contribution >= 4 is 27.5 Å². The van der Waals surface area contributed by atoms with Gasteiger partial charge in [-0.3, -0.25) is 4.98 Å². The first kappa shape index (κ1) is 14.3. The number of nitrogens with one attached hydrogen (secondary N) is 1.